The summed E-state index contributed by atoms with van der Waals surface area (Å²) in [7, 11) is 0. The van der Waals surface area contributed by atoms with Gasteiger partial charge in [-0.15, -0.1) is 52.9 Å². The van der Waals surface area contributed by atoms with E-state index >= 15 is 0 Å². The van der Waals surface area contributed by atoms with Crippen molar-refractivity contribution in [2.24, 2.45) is 5.92 Å². The Morgan fingerprint density at radius 1 is 0.519 bits per heavy atom. The van der Waals surface area contributed by atoms with E-state index in [2.05, 4.69) is 151 Å². The van der Waals surface area contributed by atoms with Crippen LogP contribution in [0.25, 0.3) is 76.4 Å². The Kier molecular flexibility index (Phi) is 9.90. The molecular formula is C49H40IrN2-2. The van der Waals surface area contributed by atoms with Crippen LogP contribution in [0.3, 0.4) is 0 Å². The molecule has 0 spiro atoms. The second kappa shape index (κ2) is 15.2. The molecule has 0 unspecified atom stereocenters. The smallest absolute Gasteiger partial charge is 0.0346 e. The third kappa shape index (κ3) is 7.00. The summed E-state index contributed by atoms with van der Waals surface area (Å²) in [6.45, 7) is 8.28. The fourth-order valence-electron chi connectivity index (χ4n) is 7.19. The zero-order chi connectivity index (χ0) is 35.8. The Morgan fingerprint density at radius 2 is 1.06 bits per heavy atom. The van der Waals surface area contributed by atoms with Gasteiger partial charge in [0.2, 0.25) is 0 Å². The van der Waals surface area contributed by atoms with Crippen LogP contribution in [0.4, 0.5) is 0 Å². The number of nitrogens with zero attached hydrogens (tertiary/aromatic N) is 2. The Labute approximate surface area is 321 Å². The average Bonchev–Trinajstić information content (AvgIpc) is 3.17. The quantitative estimate of drug-likeness (QED) is 0.127. The number of rotatable bonds is 5. The third-order valence-corrected chi connectivity index (χ3v) is 9.71. The number of benzene rings is 7. The zero-order valence-corrected chi connectivity index (χ0v) is 32.3. The van der Waals surface area contributed by atoms with E-state index in [0.29, 0.717) is 5.92 Å². The molecule has 9 rings (SSSR count). The zero-order valence-electron chi connectivity index (χ0n) is 30.9. The molecule has 52 heavy (non-hydrogen) atoms. The molecule has 9 aromatic rings. The van der Waals surface area contributed by atoms with Crippen LogP contribution in [0.2, 0.25) is 0 Å². The molecule has 0 saturated carbocycles. The fraction of sp³-hybridized carbons (Fsp3) is 0.143. The third-order valence-electron chi connectivity index (χ3n) is 9.71. The maximum absolute atomic E-state index is 8.22. The van der Waals surface area contributed by atoms with Crippen LogP contribution in [-0.2, 0) is 26.5 Å². The molecule has 0 aliphatic heterocycles. The average molecular weight is 850 g/mol. The minimum absolute atomic E-state index is 0. The second-order valence-electron chi connectivity index (χ2n) is 14.0. The Morgan fingerprint density at radius 3 is 1.73 bits per heavy atom. The minimum Gasteiger partial charge on any atom is -0.305 e. The van der Waals surface area contributed by atoms with Gasteiger partial charge in [0.05, 0.1) is 0 Å². The van der Waals surface area contributed by atoms with Gasteiger partial charge in [0, 0.05) is 33.9 Å². The predicted octanol–water partition coefficient (Wildman–Crippen LogP) is 13.2. The summed E-state index contributed by atoms with van der Waals surface area (Å²) >= 11 is 0. The maximum Gasteiger partial charge on any atom is 0.0346 e. The van der Waals surface area contributed by atoms with Crippen LogP contribution in [0.5, 0.6) is 0 Å². The molecule has 7 aromatic carbocycles. The van der Waals surface area contributed by atoms with Crippen molar-refractivity contribution in [2.45, 2.75) is 40.0 Å². The van der Waals surface area contributed by atoms with E-state index in [1.165, 1.54) is 59.4 Å². The Balaban J connectivity index is 0.000000163. The first-order valence-electron chi connectivity index (χ1n) is 18.2. The molecule has 2 aromatic heterocycles. The van der Waals surface area contributed by atoms with Crippen molar-refractivity contribution in [3.8, 4) is 22.5 Å². The molecule has 0 fully saturated rings. The van der Waals surface area contributed by atoms with Gasteiger partial charge >= 0.3 is 0 Å². The molecule has 0 amide bonds. The van der Waals surface area contributed by atoms with E-state index in [-0.39, 0.29) is 20.1 Å². The summed E-state index contributed by atoms with van der Waals surface area (Å²) in [5, 5.41) is 12.5. The normalized spacial score (nSPS) is 11.8. The summed E-state index contributed by atoms with van der Waals surface area (Å²) in [6.07, 6.45) is 4.76. The molecule has 2 heterocycles. The molecule has 0 saturated heterocycles. The van der Waals surface area contributed by atoms with E-state index < -0.39 is 5.89 Å². The molecular weight excluding hydrogens is 809 g/mol. The summed E-state index contributed by atoms with van der Waals surface area (Å²) in [4.78, 5) is 9.11. The van der Waals surface area contributed by atoms with Crippen molar-refractivity contribution < 1.29 is 21.5 Å². The van der Waals surface area contributed by atoms with Crippen LogP contribution in [0, 0.1) is 18.1 Å². The Bertz CT molecular complexity index is 2710. The molecule has 0 N–H and O–H groups in total. The number of aromatic nitrogens is 2. The summed E-state index contributed by atoms with van der Waals surface area (Å²) in [5.41, 5.74) is 6.17. The number of hydrogen-bond donors (Lipinski definition) is 0. The first kappa shape index (κ1) is 33.9. The molecule has 0 aliphatic carbocycles. The van der Waals surface area contributed by atoms with Gasteiger partial charge in [0.15, 0.2) is 0 Å². The molecule has 0 aliphatic rings. The van der Waals surface area contributed by atoms with Gasteiger partial charge in [-0.05, 0) is 63.3 Å². The summed E-state index contributed by atoms with van der Waals surface area (Å²) < 4.78 is 8.22. The van der Waals surface area contributed by atoms with Crippen molar-refractivity contribution in [3.05, 3.63) is 169 Å². The monoisotopic (exact) mass is 850 g/mol. The number of pyridine rings is 2. The van der Waals surface area contributed by atoms with Crippen LogP contribution < -0.4 is 0 Å². The van der Waals surface area contributed by atoms with Gasteiger partial charge in [-0.1, -0.05) is 163 Å². The van der Waals surface area contributed by atoms with Crippen molar-refractivity contribution in [1.29, 1.82) is 0 Å². The van der Waals surface area contributed by atoms with Gasteiger partial charge in [0.1, 0.15) is 0 Å². The van der Waals surface area contributed by atoms with Gasteiger partial charge in [-0.3, -0.25) is 0 Å². The molecule has 257 valence electrons. The van der Waals surface area contributed by atoms with Gasteiger partial charge in [-0.25, -0.2) is 0 Å². The first-order valence-corrected chi connectivity index (χ1v) is 17.7. The van der Waals surface area contributed by atoms with E-state index in [4.69, 9.17) is 1.37 Å². The van der Waals surface area contributed by atoms with Crippen LogP contribution >= 0.6 is 0 Å². The standard InChI is InChI=1S/C27H22N.C22H18N.Ir/c1-18(2)15-19-13-14-28-27(16-19)20-11-12-25-23-9-4-3-7-21(23)22-8-5-6-10-24(22)26(25)17-20;1-15(2)17-11-12-23-22(14-17)19-9-10-21-18(13-19)8-7-16-5-3-4-6-20(16)21;/h3-10,12-14,16-18H,15H2,1-2H3;3-8,10-15H,1-2H3;/q2*-1;/i;15D;. The predicted molar refractivity (Wildman–Crippen MR) is 217 cm³/mol. The van der Waals surface area contributed by atoms with Gasteiger partial charge < -0.3 is 9.97 Å². The van der Waals surface area contributed by atoms with Crippen molar-refractivity contribution in [3.63, 3.8) is 0 Å². The largest absolute Gasteiger partial charge is 0.305 e. The topological polar surface area (TPSA) is 25.8 Å². The number of hydrogen-bond acceptors (Lipinski definition) is 2. The maximum atomic E-state index is 8.22. The van der Waals surface area contributed by atoms with Crippen LogP contribution in [0.15, 0.2) is 146 Å². The first-order chi connectivity index (χ1) is 25.2. The molecule has 0 bridgehead atoms. The van der Waals surface area contributed by atoms with E-state index in [0.717, 1.165) is 34.5 Å². The van der Waals surface area contributed by atoms with Crippen LogP contribution in [-0.4, -0.2) is 9.97 Å². The second-order valence-corrected chi connectivity index (χ2v) is 14.0. The summed E-state index contributed by atoms with van der Waals surface area (Å²) in [6, 6.07) is 53.7. The molecule has 3 heteroatoms. The van der Waals surface area contributed by atoms with Crippen molar-refractivity contribution in [1.82, 2.24) is 9.97 Å². The summed E-state index contributed by atoms with van der Waals surface area (Å²) in [5.74, 6) is -0.00350. The van der Waals surface area contributed by atoms with Crippen LogP contribution in [0.1, 0.15) is 46.1 Å². The SMILES string of the molecule is CC(C)Cc1ccnc(-c2[c-]cc3c4ccccc4c4ccccc4c3c2)c1.[2H]C(C)(C)c1ccnc(-c2[c-]cc3c(ccc4ccccc43)c2)c1.[Ir]. The number of fused-ring (bicyclic) bond motifs is 9. The van der Waals surface area contributed by atoms with E-state index in [1.54, 1.807) is 6.20 Å². The van der Waals surface area contributed by atoms with Gasteiger partial charge in [-0.2, -0.15) is 0 Å². The van der Waals surface area contributed by atoms with E-state index in [1.807, 2.05) is 38.2 Å². The molecule has 0 atom stereocenters. The van der Waals surface area contributed by atoms with E-state index in [9.17, 15) is 0 Å². The van der Waals surface area contributed by atoms with Crippen molar-refractivity contribution >= 4 is 53.9 Å². The molecule has 2 nitrogen and oxygen atoms in total. The minimum atomic E-state index is -0.634. The Hall–Kier alpha value is -5.21. The van der Waals surface area contributed by atoms with Gasteiger partial charge in [0.25, 0.3) is 0 Å². The van der Waals surface area contributed by atoms with Crippen molar-refractivity contribution in [2.75, 3.05) is 0 Å². The fourth-order valence-corrected chi connectivity index (χ4v) is 7.19. The molecule has 1 radical (unpaired) electrons.